The first-order chi connectivity index (χ1) is 7.84. The number of hydrogen-bond acceptors (Lipinski definition) is 2. The molecular weight excluding hydrogens is 202 g/mol. The molecule has 16 heavy (non-hydrogen) atoms. The zero-order valence-electron chi connectivity index (χ0n) is 9.47. The first-order valence-electron chi connectivity index (χ1n) is 7.01. The average molecular weight is 221 g/mol. The maximum absolute atomic E-state index is 11.8. The van der Waals surface area contributed by atoms with E-state index in [1.165, 1.54) is 25.7 Å². The lowest BCUT2D eigenvalue weighted by molar-refractivity contribution is -1.06. The van der Waals surface area contributed by atoms with Crippen LogP contribution in [0.5, 0.6) is 0 Å². The quantitative estimate of drug-likeness (QED) is 0.481. The highest BCUT2D eigenvalue weighted by Gasteiger charge is 2.69. The van der Waals surface area contributed by atoms with Crippen LogP contribution in [0.1, 0.15) is 25.7 Å². The second kappa shape index (κ2) is 2.65. The molecule has 5 aliphatic rings. The Morgan fingerprint density at radius 2 is 1.69 bits per heavy atom. The average Bonchev–Trinajstić information content (AvgIpc) is 2.99. The summed E-state index contributed by atoms with van der Waals surface area (Å²) in [7, 11) is 0. The Morgan fingerprint density at radius 3 is 2.50 bits per heavy atom. The summed E-state index contributed by atoms with van der Waals surface area (Å²) in [6.07, 6.45) is 5.81. The fourth-order valence-electron chi connectivity index (χ4n) is 6.56. The van der Waals surface area contributed by atoms with Gasteiger partial charge in [-0.05, 0) is 55.3 Å². The second-order valence-corrected chi connectivity index (χ2v) is 6.87. The maximum Gasteiger partial charge on any atom is 0.126 e. The standard InChI is InChI=1S/C13H19NO2/c15-14-13-9-4-8(10(13)5-16-14)11-6-1-2-7(3-6)12(9)11/h6-14H,1-5H2. The van der Waals surface area contributed by atoms with E-state index in [2.05, 4.69) is 0 Å². The van der Waals surface area contributed by atoms with Gasteiger partial charge in [-0.1, -0.05) is 0 Å². The molecule has 88 valence electrons. The number of hydrogen-bond donors (Lipinski definition) is 1. The first kappa shape index (κ1) is 8.90. The van der Waals surface area contributed by atoms with Gasteiger partial charge < -0.3 is 5.21 Å². The highest BCUT2D eigenvalue weighted by Crippen LogP contribution is 2.68. The van der Waals surface area contributed by atoms with Crippen LogP contribution in [-0.2, 0) is 4.84 Å². The Morgan fingerprint density at radius 1 is 0.938 bits per heavy atom. The number of nitrogens with one attached hydrogen (secondary N) is 1. The fraction of sp³-hybridized carbons (Fsp3) is 1.00. The van der Waals surface area contributed by atoms with Crippen molar-refractivity contribution in [1.29, 1.82) is 0 Å². The van der Waals surface area contributed by atoms with Crippen LogP contribution in [-0.4, -0.2) is 12.6 Å². The molecule has 4 bridgehead atoms. The molecule has 1 N–H and O–H groups in total. The predicted molar refractivity (Wildman–Crippen MR) is 57.0 cm³/mol. The van der Waals surface area contributed by atoms with Crippen LogP contribution in [0.4, 0.5) is 0 Å². The van der Waals surface area contributed by atoms with Crippen molar-refractivity contribution in [3.05, 3.63) is 5.21 Å². The Hall–Kier alpha value is -0.120. The van der Waals surface area contributed by atoms with Crippen molar-refractivity contribution < 1.29 is 10.1 Å². The monoisotopic (exact) mass is 221 g/mol. The number of quaternary nitrogens is 1. The molecule has 0 amide bonds. The van der Waals surface area contributed by atoms with Gasteiger partial charge in [0.05, 0.1) is 0 Å². The van der Waals surface area contributed by atoms with E-state index >= 15 is 0 Å². The Bertz CT molecular complexity index is 347. The summed E-state index contributed by atoms with van der Waals surface area (Å²) < 4.78 is 0. The molecule has 1 heterocycles. The molecular formula is C13H19NO2. The normalized spacial score (nSPS) is 69.9. The lowest BCUT2D eigenvalue weighted by atomic mass is 9.66. The molecule has 5 fully saturated rings. The summed E-state index contributed by atoms with van der Waals surface area (Å²) in [6.45, 7) is 0.755. The topological polar surface area (TPSA) is 36.7 Å². The van der Waals surface area contributed by atoms with Gasteiger partial charge in [0, 0.05) is 11.8 Å². The number of hydroxylamine groups is 2. The third kappa shape index (κ3) is 0.793. The highest BCUT2D eigenvalue weighted by atomic mass is 16.9. The van der Waals surface area contributed by atoms with Crippen molar-refractivity contribution in [2.75, 3.05) is 6.61 Å². The van der Waals surface area contributed by atoms with Gasteiger partial charge in [0.1, 0.15) is 12.6 Å². The number of fused-ring (bicyclic) bond motifs is 12. The van der Waals surface area contributed by atoms with Crippen molar-refractivity contribution in [3.8, 4) is 0 Å². The summed E-state index contributed by atoms with van der Waals surface area (Å²) >= 11 is 0. The maximum atomic E-state index is 11.8. The molecule has 1 saturated heterocycles. The molecule has 0 radical (unpaired) electrons. The van der Waals surface area contributed by atoms with Gasteiger partial charge in [-0.15, -0.1) is 0 Å². The van der Waals surface area contributed by atoms with Crippen molar-refractivity contribution >= 4 is 0 Å². The molecule has 3 heteroatoms. The molecule has 0 aromatic carbocycles. The molecule has 3 nitrogen and oxygen atoms in total. The van der Waals surface area contributed by atoms with Crippen LogP contribution in [0, 0.1) is 46.6 Å². The Kier molecular flexibility index (Phi) is 1.47. The van der Waals surface area contributed by atoms with Crippen LogP contribution >= 0.6 is 0 Å². The molecule has 0 aromatic heterocycles. The lowest BCUT2D eigenvalue weighted by Gasteiger charge is -2.40. The van der Waals surface area contributed by atoms with E-state index in [0.29, 0.717) is 12.0 Å². The van der Waals surface area contributed by atoms with E-state index in [4.69, 9.17) is 4.84 Å². The summed E-state index contributed by atoms with van der Waals surface area (Å²) in [5, 5.41) is 12.0. The van der Waals surface area contributed by atoms with Crippen molar-refractivity contribution in [2.45, 2.75) is 31.7 Å². The Labute approximate surface area is 95.7 Å². The zero-order chi connectivity index (χ0) is 10.4. The van der Waals surface area contributed by atoms with Crippen LogP contribution in [0.25, 0.3) is 0 Å². The number of rotatable bonds is 0. The molecule has 0 aromatic rings. The fourth-order valence-corrected chi connectivity index (χ4v) is 6.56. The van der Waals surface area contributed by atoms with Crippen LogP contribution < -0.4 is 5.23 Å². The molecule has 4 saturated carbocycles. The van der Waals surface area contributed by atoms with Crippen molar-refractivity contribution in [3.63, 3.8) is 0 Å². The predicted octanol–water partition coefficient (Wildman–Crippen LogP) is 0.611. The molecule has 9 unspecified atom stereocenters. The van der Waals surface area contributed by atoms with E-state index in [9.17, 15) is 5.21 Å². The minimum Gasteiger partial charge on any atom is -0.600 e. The van der Waals surface area contributed by atoms with Gasteiger partial charge in [-0.25, -0.2) is 10.1 Å². The summed E-state index contributed by atoms with van der Waals surface area (Å²) in [5.41, 5.74) is 0. The largest absolute Gasteiger partial charge is 0.600 e. The van der Waals surface area contributed by atoms with Gasteiger partial charge in [-0.2, -0.15) is 0 Å². The van der Waals surface area contributed by atoms with Crippen molar-refractivity contribution in [1.82, 2.24) is 0 Å². The van der Waals surface area contributed by atoms with Crippen LogP contribution in [0.3, 0.4) is 0 Å². The first-order valence-corrected chi connectivity index (χ1v) is 7.01. The summed E-state index contributed by atoms with van der Waals surface area (Å²) in [5.74, 6) is 6.15. The smallest absolute Gasteiger partial charge is 0.126 e. The van der Waals surface area contributed by atoms with Crippen LogP contribution in [0.15, 0.2) is 0 Å². The molecule has 4 aliphatic carbocycles. The van der Waals surface area contributed by atoms with Crippen LogP contribution in [0.2, 0.25) is 0 Å². The molecule has 1 aliphatic heterocycles. The zero-order valence-corrected chi connectivity index (χ0v) is 9.47. The summed E-state index contributed by atoms with van der Waals surface area (Å²) in [4.78, 5) is 5.32. The minimum absolute atomic E-state index is 0.152. The summed E-state index contributed by atoms with van der Waals surface area (Å²) in [6, 6.07) is 0.325. The van der Waals surface area contributed by atoms with Crippen molar-refractivity contribution in [2.24, 2.45) is 41.4 Å². The molecule has 5 rings (SSSR count). The van der Waals surface area contributed by atoms with Gasteiger partial charge in [0.15, 0.2) is 0 Å². The van der Waals surface area contributed by atoms with E-state index in [1.807, 2.05) is 0 Å². The van der Waals surface area contributed by atoms with Gasteiger partial charge >= 0.3 is 0 Å². The van der Waals surface area contributed by atoms with E-state index in [1.54, 1.807) is 0 Å². The van der Waals surface area contributed by atoms with Gasteiger partial charge in [-0.3, -0.25) is 0 Å². The SMILES string of the molecule is [O-][NH+]1OCC2C3CC(C4C5CCC(C5)C34)C21. The van der Waals surface area contributed by atoms with E-state index in [0.717, 1.165) is 42.1 Å². The van der Waals surface area contributed by atoms with Gasteiger partial charge in [0.25, 0.3) is 0 Å². The lowest BCUT2D eigenvalue weighted by Crippen LogP contribution is -3.09. The third-order valence-electron chi connectivity index (χ3n) is 6.74. The third-order valence-corrected chi connectivity index (χ3v) is 6.74. The van der Waals surface area contributed by atoms with E-state index in [-0.39, 0.29) is 5.23 Å². The van der Waals surface area contributed by atoms with E-state index < -0.39 is 0 Å². The minimum atomic E-state index is 0.152. The molecule has 0 spiro atoms. The Balaban J connectivity index is 1.57. The molecule has 9 atom stereocenters. The van der Waals surface area contributed by atoms with Gasteiger partial charge in [0.2, 0.25) is 0 Å². The second-order valence-electron chi connectivity index (χ2n) is 6.87. The highest BCUT2D eigenvalue weighted by molar-refractivity contribution is 5.14.